The Morgan fingerprint density at radius 3 is 2.14 bits per heavy atom. The van der Waals surface area contributed by atoms with Crippen LogP contribution in [0.15, 0.2) is 79.0 Å². The Bertz CT molecular complexity index is 902. The van der Waals surface area contributed by atoms with Crippen molar-refractivity contribution in [2.75, 3.05) is 0 Å². The van der Waals surface area contributed by atoms with Crippen molar-refractivity contribution in [3.8, 4) is 0 Å². The summed E-state index contributed by atoms with van der Waals surface area (Å²) in [6, 6.07) is 25.4. The average Bonchev–Trinajstić information content (AvgIpc) is 2.59. The van der Waals surface area contributed by atoms with Crippen LogP contribution in [0.3, 0.4) is 0 Å². The number of pyridine rings is 1. The Hall–Kier alpha value is -2.93. The molecule has 0 saturated heterocycles. The first-order valence-corrected chi connectivity index (χ1v) is 7.40. The van der Waals surface area contributed by atoms with Crippen LogP contribution in [0, 0.1) is 0 Å². The van der Waals surface area contributed by atoms with Crippen LogP contribution < -0.4 is 0 Å². The molecule has 0 aliphatic rings. The van der Waals surface area contributed by atoms with Crippen molar-refractivity contribution < 1.29 is 0 Å². The normalized spacial score (nSPS) is 11.5. The van der Waals surface area contributed by atoms with E-state index in [4.69, 9.17) is 0 Å². The summed E-state index contributed by atoms with van der Waals surface area (Å²) in [5.41, 5.74) is 3.43. The van der Waals surface area contributed by atoms with E-state index in [0.717, 1.165) is 5.52 Å². The summed E-state index contributed by atoms with van der Waals surface area (Å²) in [4.78, 5) is 4.35. The second-order valence-corrected chi connectivity index (χ2v) is 5.40. The maximum absolute atomic E-state index is 4.35. The fraction of sp³-hybridized carbons (Fsp3) is 0. The van der Waals surface area contributed by atoms with Crippen LogP contribution in [-0.4, -0.2) is 4.98 Å². The predicted octanol–water partition coefficient (Wildman–Crippen LogP) is 5.56. The molecule has 0 fully saturated rings. The van der Waals surface area contributed by atoms with Gasteiger partial charge in [-0.15, -0.1) is 0 Å². The van der Waals surface area contributed by atoms with Crippen LogP contribution >= 0.6 is 0 Å². The molecule has 4 rings (SSSR count). The lowest BCUT2D eigenvalue weighted by Gasteiger charge is -2.00. The van der Waals surface area contributed by atoms with Gasteiger partial charge in [-0.2, -0.15) is 0 Å². The molecule has 104 valence electrons. The van der Waals surface area contributed by atoms with E-state index in [9.17, 15) is 0 Å². The molecule has 0 aliphatic heterocycles. The molecule has 0 amide bonds. The van der Waals surface area contributed by atoms with Crippen LogP contribution in [-0.2, 0) is 0 Å². The molecule has 0 saturated carbocycles. The van der Waals surface area contributed by atoms with Gasteiger partial charge in [0.25, 0.3) is 0 Å². The Kier molecular flexibility index (Phi) is 3.17. The molecular weight excluding hydrogens is 266 g/mol. The number of rotatable bonds is 2. The molecule has 0 radical (unpaired) electrons. The molecular formula is C21H15N. The van der Waals surface area contributed by atoms with Crippen molar-refractivity contribution in [2.24, 2.45) is 0 Å². The average molecular weight is 281 g/mol. The summed E-state index contributed by atoms with van der Waals surface area (Å²) >= 11 is 0. The van der Waals surface area contributed by atoms with E-state index in [2.05, 4.69) is 83.9 Å². The molecule has 0 atom stereocenters. The zero-order chi connectivity index (χ0) is 14.8. The van der Waals surface area contributed by atoms with Gasteiger partial charge in [-0.05, 0) is 46.2 Å². The van der Waals surface area contributed by atoms with Gasteiger partial charge < -0.3 is 0 Å². The monoisotopic (exact) mass is 281 g/mol. The van der Waals surface area contributed by atoms with Crippen molar-refractivity contribution in [1.29, 1.82) is 0 Å². The molecule has 1 aromatic heterocycles. The van der Waals surface area contributed by atoms with Gasteiger partial charge in [-0.25, -0.2) is 0 Å². The highest BCUT2D eigenvalue weighted by Gasteiger charge is 1.95. The van der Waals surface area contributed by atoms with E-state index in [1.165, 1.54) is 27.3 Å². The minimum atomic E-state index is 1.03. The quantitative estimate of drug-likeness (QED) is 0.438. The fourth-order valence-corrected chi connectivity index (χ4v) is 2.70. The van der Waals surface area contributed by atoms with Crippen LogP contribution in [0.5, 0.6) is 0 Å². The van der Waals surface area contributed by atoms with Gasteiger partial charge in [0.1, 0.15) is 0 Å². The van der Waals surface area contributed by atoms with Gasteiger partial charge in [0.2, 0.25) is 0 Å². The van der Waals surface area contributed by atoms with Gasteiger partial charge in [0, 0.05) is 11.6 Å². The summed E-state index contributed by atoms with van der Waals surface area (Å²) < 4.78 is 0. The highest BCUT2D eigenvalue weighted by Crippen LogP contribution is 2.19. The topological polar surface area (TPSA) is 12.9 Å². The maximum Gasteiger partial charge on any atom is 0.0702 e. The largest absolute Gasteiger partial charge is 0.256 e. The molecule has 0 bridgehead atoms. The van der Waals surface area contributed by atoms with Gasteiger partial charge in [-0.1, -0.05) is 60.7 Å². The van der Waals surface area contributed by atoms with E-state index in [0.29, 0.717) is 0 Å². The minimum Gasteiger partial charge on any atom is -0.256 e. The number of hydrogen-bond donors (Lipinski definition) is 0. The lowest BCUT2D eigenvalue weighted by Crippen LogP contribution is -1.79. The van der Waals surface area contributed by atoms with Gasteiger partial charge in [-0.3, -0.25) is 4.98 Å². The summed E-state index contributed by atoms with van der Waals surface area (Å²) in [6.45, 7) is 0. The van der Waals surface area contributed by atoms with Crippen molar-refractivity contribution in [1.82, 2.24) is 4.98 Å². The molecule has 1 nitrogen and oxygen atoms in total. The third-order valence-corrected chi connectivity index (χ3v) is 3.87. The molecule has 22 heavy (non-hydrogen) atoms. The summed E-state index contributed by atoms with van der Waals surface area (Å²) in [5, 5.41) is 3.71. The fourth-order valence-electron chi connectivity index (χ4n) is 2.70. The number of nitrogens with zero attached hydrogens (tertiary/aromatic N) is 1. The van der Waals surface area contributed by atoms with E-state index in [1.54, 1.807) is 0 Å². The number of fused-ring (bicyclic) bond motifs is 2. The molecule has 1 heteroatoms. The molecule has 0 aliphatic carbocycles. The van der Waals surface area contributed by atoms with Crippen molar-refractivity contribution in [2.45, 2.75) is 0 Å². The maximum atomic E-state index is 4.35. The van der Waals surface area contributed by atoms with Gasteiger partial charge >= 0.3 is 0 Å². The summed E-state index contributed by atoms with van der Waals surface area (Å²) in [6.07, 6.45) is 6.13. The zero-order valence-electron chi connectivity index (χ0n) is 12.1. The van der Waals surface area contributed by atoms with Gasteiger partial charge in [0.15, 0.2) is 0 Å². The zero-order valence-corrected chi connectivity index (χ0v) is 12.1. The summed E-state index contributed by atoms with van der Waals surface area (Å²) in [7, 11) is 0. The first-order chi connectivity index (χ1) is 10.9. The molecule has 4 aromatic rings. The van der Waals surface area contributed by atoms with Crippen molar-refractivity contribution in [3.05, 3.63) is 90.1 Å². The number of hydrogen-bond acceptors (Lipinski definition) is 1. The second-order valence-electron chi connectivity index (χ2n) is 5.40. The Morgan fingerprint density at radius 2 is 1.27 bits per heavy atom. The first kappa shape index (κ1) is 12.8. The van der Waals surface area contributed by atoms with Crippen LogP contribution in [0.1, 0.15) is 11.1 Å². The van der Waals surface area contributed by atoms with E-state index in [-0.39, 0.29) is 0 Å². The van der Waals surface area contributed by atoms with Crippen LogP contribution in [0.2, 0.25) is 0 Å². The number of benzene rings is 3. The minimum absolute atomic E-state index is 1.03. The second kappa shape index (κ2) is 5.45. The van der Waals surface area contributed by atoms with Crippen molar-refractivity contribution in [3.63, 3.8) is 0 Å². The molecule has 0 spiro atoms. The van der Waals surface area contributed by atoms with Crippen LogP contribution in [0.25, 0.3) is 33.8 Å². The highest BCUT2D eigenvalue weighted by molar-refractivity contribution is 5.87. The Labute approximate surface area is 129 Å². The first-order valence-electron chi connectivity index (χ1n) is 7.40. The Morgan fingerprint density at radius 1 is 0.591 bits per heavy atom. The lowest BCUT2D eigenvalue weighted by atomic mass is 10.1. The van der Waals surface area contributed by atoms with E-state index in [1.807, 2.05) is 12.3 Å². The molecule has 1 heterocycles. The standard InChI is InChI=1S/C21H15N/c1-2-5-19-14-16(9-11-18(19)4-1)7-8-17-10-12-21-20(15-17)6-3-13-22-21/h1-15H/b8-7+. The third-order valence-electron chi connectivity index (χ3n) is 3.87. The molecule has 0 N–H and O–H groups in total. The predicted molar refractivity (Wildman–Crippen MR) is 94.6 cm³/mol. The highest BCUT2D eigenvalue weighted by atomic mass is 14.6. The SMILES string of the molecule is C(=C\c1ccc2ncccc2c1)/c1ccc2ccccc2c1. The van der Waals surface area contributed by atoms with E-state index >= 15 is 0 Å². The molecule has 3 aromatic carbocycles. The third kappa shape index (κ3) is 2.49. The van der Waals surface area contributed by atoms with Crippen molar-refractivity contribution >= 4 is 33.8 Å². The Balaban J connectivity index is 1.68. The smallest absolute Gasteiger partial charge is 0.0702 e. The summed E-state index contributed by atoms with van der Waals surface area (Å²) in [5.74, 6) is 0. The number of aromatic nitrogens is 1. The van der Waals surface area contributed by atoms with E-state index < -0.39 is 0 Å². The molecule has 0 unspecified atom stereocenters. The van der Waals surface area contributed by atoms with Crippen LogP contribution in [0.4, 0.5) is 0 Å². The lowest BCUT2D eigenvalue weighted by molar-refractivity contribution is 1.41. The van der Waals surface area contributed by atoms with Gasteiger partial charge in [0.05, 0.1) is 5.52 Å².